The molecule has 26 heavy (non-hydrogen) atoms. The predicted octanol–water partition coefficient (Wildman–Crippen LogP) is 4.22. The van der Waals surface area contributed by atoms with Gasteiger partial charge in [0.25, 0.3) is 0 Å². The highest BCUT2D eigenvalue weighted by atomic mass is 35.5. The molecule has 0 saturated carbocycles. The van der Waals surface area contributed by atoms with Crippen LogP contribution in [0, 0.1) is 0 Å². The lowest BCUT2D eigenvalue weighted by atomic mass is 10.1. The molecule has 0 aliphatic heterocycles. The molecule has 154 valence electrons. The van der Waals surface area contributed by atoms with Crippen molar-refractivity contribution >= 4 is 35.1 Å². The van der Waals surface area contributed by atoms with E-state index in [9.17, 15) is 44.7 Å². The van der Waals surface area contributed by atoms with Crippen molar-refractivity contribution in [3.8, 4) is 0 Å². The van der Waals surface area contributed by atoms with Gasteiger partial charge in [0.05, 0.1) is 0 Å². The van der Waals surface area contributed by atoms with E-state index in [-0.39, 0.29) is 13.0 Å². The minimum absolute atomic E-state index is 0.317. The lowest BCUT2D eigenvalue weighted by molar-refractivity contribution is -0.344. The van der Waals surface area contributed by atoms with Crippen LogP contribution >= 0.6 is 23.2 Å². The fourth-order valence-electron chi connectivity index (χ4n) is 1.32. The molecule has 0 unspecified atom stereocenters. The van der Waals surface area contributed by atoms with Crippen LogP contribution in [0.5, 0.6) is 0 Å². The molecule has 0 spiro atoms. The second-order valence-corrected chi connectivity index (χ2v) is 6.07. The van der Waals surface area contributed by atoms with Gasteiger partial charge in [-0.25, -0.2) is 8.78 Å². The Morgan fingerprint density at radius 3 is 1.77 bits per heavy atom. The van der Waals surface area contributed by atoms with Crippen molar-refractivity contribution in [1.82, 2.24) is 0 Å². The number of carbonyl (C=O) groups excluding carboxylic acids is 2. The Balaban J connectivity index is 4.46. The van der Waals surface area contributed by atoms with Gasteiger partial charge >= 0.3 is 36.1 Å². The molecule has 14 heteroatoms. The quantitative estimate of drug-likeness (QED) is 0.273. The Labute approximate surface area is 151 Å². The Morgan fingerprint density at radius 1 is 0.885 bits per heavy atom. The van der Waals surface area contributed by atoms with Gasteiger partial charge in [0.15, 0.2) is 6.61 Å². The smallest absolute Gasteiger partial charge is 0.381 e. The van der Waals surface area contributed by atoms with Gasteiger partial charge in [0.1, 0.15) is 11.4 Å². The van der Waals surface area contributed by atoms with E-state index in [1.807, 2.05) is 0 Å². The Kier molecular flexibility index (Phi) is 9.38. The summed E-state index contributed by atoms with van der Waals surface area (Å²) in [5.41, 5.74) is 0. The van der Waals surface area contributed by atoms with Crippen molar-refractivity contribution < 1.29 is 54.2 Å². The highest BCUT2D eigenvalue weighted by Crippen LogP contribution is 2.48. The maximum atomic E-state index is 13.1. The number of hydrogen-bond donors (Lipinski definition) is 0. The molecule has 0 aromatic rings. The summed E-state index contributed by atoms with van der Waals surface area (Å²) in [6, 6.07) is 0. The van der Waals surface area contributed by atoms with Gasteiger partial charge < -0.3 is 9.47 Å². The highest BCUT2D eigenvalue weighted by Gasteiger charge is 2.75. The molecule has 0 radical (unpaired) electrons. The summed E-state index contributed by atoms with van der Waals surface area (Å²) in [6.45, 7) is -2.90. The molecule has 4 nitrogen and oxygen atoms in total. The number of carbonyl (C=O) groups is 2. The van der Waals surface area contributed by atoms with Crippen molar-refractivity contribution in [2.24, 2.45) is 0 Å². The summed E-state index contributed by atoms with van der Waals surface area (Å²) in [4.78, 5) is 21.2. The number of hydrogen-bond acceptors (Lipinski definition) is 4. The fourth-order valence-corrected chi connectivity index (χ4v) is 1.45. The van der Waals surface area contributed by atoms with Crippen LogP contribution in [0.4, 0.5) is 35.1 Å². The summed E-state index contributed by atoms with van der Waals surface area (Å²) >= 11 is 10.5. The number of esters is 2. The van der Waals surface area contributed by atoms with E-state index >= 15 is 0 Å². The number of alkyl halides is 10. The molecule has 0 aliphatic rings. The lowest BCUT2D eigenvalue weighted by Gasteiger charge is -2.31. The van der Waals surface area contributed by atoms with Crippen LogP contribution in [-0.2, 0) is 19.1 Å². The number of halogens is 10. The van der Waals surface area contributed by atoms with Crippen LogP contribution in [0.3, 0.4) is 0 Å². The molecule has 0 N–H and O–H groups in total. The molecule has 0 amide bonds. The molecule has 0 bridgehead atoms. The van der Waals surface area contributed by atoms with E-state index in [1.54, 1.807) is 0 Å². The SMILES string of the molecule is O=C(CCCC(=O)OCC(F)(F)C(F)(F)C(F)(F)C(F)F)OCC(Cl)Cl. The minimum atomic E-state index is -6.46. The second-order valence-electron chi connectivity index (χ2n) is 4.79. The number of rotatable bonds is 11. The maximum absolute atomic E-state index is 13.1. The molecule has 0 heterocycles. The van der Waals surface area contributed by atoms with Crippen LogP contribution in [-0.4, -0.2) is 54.2 Å². The van der Waals surface area contributed by atoms with Crippen LogP contribution in [0.25, 0.3) is 0 Å². The molecule has 0 saturated heterocycles. The van der Waals surface area contributed by atoms with E-state index in [0.29, 0.717) is 0 Å². The third kappa shape index (κ3) is 6.93. The van der Waals surface area contributed by atoms with Gasteiger partial charge in [-0.3, -0.25) is 9.59 Å². The third-order valence-electron chi connectivity index (χ3n) is 2.70. The normalized spacial score (nSPS) is 13.2. The van der Waals surface area contributed by atoms with Crippen LogP contribution in [0.1, 0.15) is 19.3 Å². The first-order valence-corrected chi connectivity index (χ1v) is 7.53. The van der Waals surface area contributed by atoms with Crippen LogP contribution in [0.15, 0.2) is 0 Å². The Hall–Kier alpha value is -1.04. The molecule has 0 fully saturated rings. The summed E-state index contributed by atoms with van der Waals surface area (Å²) in [5, 5.41) is 0. The van der Waals surface area contributed by atoms with E-state index in [2.05, 4.69) is 9.47 Å². The zero-order chi connectivity index (χ0) is 20.8. The van der Waals surface area contributed by atoms with E-state index in [1.165, 1.54) is 0 Å². The summed E-state index contributed by atoms with van der Waals surface area (Å²) in [6.07, 6.45) is -6.52. The fraction of sp³-hybridized carbons (Fsp3) is 0.833. The van der Waals surface area contributed by atoms with Gasteiger partial charge in [-0.15, -0.1) is 23.2 Å². The van der Waals surface area contributed by atoms with Crippen LogP contribution in [0.2, 0.25) is 0 Å². The minimum Gasteiger partial charge on any atom is -0.463 e. The van der Waals surface area contributed by atoms with Gasteiger partial charge in [-0.05, 0) is 6.42 Å². The predicted molar refractivity (Wildman–Crippen MR) is 72.1 cm³/mol. The summed E-state index contributed by atoms with van der Waals surface area (Å²) < 4.78 is 109. The maximum Gasteiger partial charge on any atom is 0.381 e. The van der Waals surface area contributed by atoms with Crippen molar-refractivity contribution in [2.45, 2.75) is 48.3 Å². The molecular formula is C12H12Cl2F8O4. The van der Waals surface area contributed by atoms with Gasteiger partial charge in [-0.2, -0.15) is 26.3 Å². The average Bonchev–Trinajstić information content (AvgIpc) is 2.50. The zero-order valence-electron chi connectivity index (χ0n) is 12.6. The number of ether oxygens (including phenoxy) is 2. The van der Waals surface area contributed by atoms with Crippen LogP contribution < -0.4 is 0 Å². The molecule has 0 atom stereocenters. The largest absolute Gasteiger partial charge is 0.463 e. The summed E-state index contributed by atoms with van der Waals surface area (Å²) in [7, 11) is 0. The van der Waals surface area contributed by atoms with E-state index < -0.39 is 60.4 Å². The zero-order valence-corrected chi connectivity index (χ0v) is 14.1. The van der Waals surface area contributed by atoms with Crippen molar-refractivity contribution in [1.29, 1.82) is 0 Å². The van der Waals surface area contributed by atoms with Gasteiger partial charge in [-0.1, -0.05) is 0 Å². The first-order chi connectivity index (χ1) is 11.6. The average molecular weight is 443 g/mol. The van der Waals surface area contributed by atoms with E-state index in [4.69, 9.17) is 23.2 Å². The first-order valence-electron chi connectivity index (χ1n) is 6.66. The summed E-state index contributed by atoms with van der Waals surface area (Å²) in [5.74, 6) is -21.0. The molecule has 0 aliphatic carbocycles. The highest BCUT2D eigenvalue weighted by molar-refractivity contribution is 6.44. The van der Waals surface area contributed by atoms with Crippen molar-refractivity contribution in [3.05, 3.63) is 0 Å². The van der Waals surface area contributed by atoms with Crippen molar-refractivity contribution in [3.63, 3.8) is 0 Å². The lowest BCUT2D eigenvalue weighted by Crippen LogP contribution is -2.59. The topological polar surface area (TPSA) is 52.6 Å². The Bertz CT molecular complexity index is 488. The van der Waals surface area contributed by atoms with E-state index in [0.717, 1.165) is 0 Å². The van der Waals surface area contributed by atoms with Gasteiger partial charge in [0, 0.05) is 12.8 Å². The Morgan fingerprint density at radius 2 is 1.35 bits per heavy atom. The first kappa shape index (κ1) is 25.0. The molecular weight excluding hydrogens is 431 g/mol. The molecule has 0 rings (SSSR count). The third-order valence-corrected chi connectivity index (χ3v) is 2.95. The molecule has 0 aromatic heterocycles. The monoisotopic (exact) mass is 442 g/mol. The van der Waals surface area contributed by atoms with Gasteiger partial charge in [0.2, 0.25) is 0 Å². The standard InChI is InChI=1S/C12H12Cl2F8O4/c13-6(14)4-25-7(23)2-1-3-8(24)26-5-10(17,18)12(21,22)11(19,20)9(15)16/h6,9H,1-5H2. The molecule has 0 aromatic carbocycles. The second kappa shape index (κ2) is 9.77. The van der Waals surface area contributed by atoms with Crippen molar-refractivity contribution in [2.75, 3.05) is 13.2 Å².